The van der Waals surface area contributed by atoms with Gasteiger partial charge in [0.25, 0.3) is 0 Å². The highest BCUT2D eigenvalue weighted by Crippen LogP contribution is 2.30. The number of nitrogens with one attached hydrogen (secondary N) is 1. The average Bonchev–Trinajstić information content (AvgIpc) is 2.66. The van der Waals surface area contributed by atoms with Crippen molar-refractivity contribution in [2.45, 2.75) is 13.8 Å². The summed E-state index contributed by atoms with van der Waals surface area (Å²) in [4.78, 5) is 14.8. The molecule has 1 aromatic heterocycles. The molecule has 2 rings (SSSR count). The third kappa shape index (κ3) is 2.45. The molecule has 0 saturated heterocycles. The predicted octanol–water partition coefficient (Wildman–Crippen LogP) is 2.89. The zero-order valence-corrected chi connectivity index (χ0v) is 10.8. The molecule has 0 amide bonds. The highest BCUT2D eigenvalue weighted by Gasteiger charge is 2.20. The molecule has 1 aromatic carbocycles. The van der Waals surface area contributed by atoms with Crippen molar-refractivity contribution in [1.82, 2.24) is 4.98 Å². The van der Waals surface area contributed by atoms with Gasteiger partial charge in [-0.3, -0.25) is 0 Å². The van der Waals surface area contributed by atoms with E-state index in [-0.39, 0.29) is 12.4 Å². The average molecular weight is 262 g/mol. The molecule has 3 N–H and O–H groups in total. The topological polar surface area (TPSA) is 68.1 Å². The second-order valence-corrected chi connectivity index (χ2v) is 4.14. The van der Waals surface area contributed by atoms with E-state index in [2.05, 4.69) is 4.98 Å². The number of aryl methyl sites for hydroxylation is 1. The van der Waals surface area contributed by atoms with Gasteiger partial charge in [-0.1, -0.05) is 0 Å². The number of rotatable bonds is 3. The number of nitrogens with two attached hydrogens (primary N) is 1. The molecular weight excluding hydrogens is 247 g/mol. The van der Waals surface area contributed by atoms with E-state index in [1.165, 1.54) is 12.1 Å². The van der Waals surface area contributed by atoms with Crippen LogP contribution in [0.4, 0.5) is 10.1 Å². The van der Waals surface area contributed by atoms with Crippen molar-refractivity contribution in [3.8, 4) is 11.3 Å². The summed E-state index contributed by atoms with van der Waals surface area (Å²) in [6.45, 7) is 3.77. The SMILES string of the molecule is CCOC(=O)c1c(C)[nH]c(-c2ccc(F)cc2)c1N. The first-order valence-corrected chi connectivity index (χ1v) is 5.95. The number of halogens is 1. The molecule has 0 aliphatic carbocycles. The van der Waals surface area contributed by atoms with Gasteiger partial charge in [-0.2, -0.15) is 0 Å². The summed E-state index contributed by atoms with van der Waals surface area (Å²) >= 11 is 0. The maximum absolute atomic E-state index is 12.9. The summed E-state index contributed by atoms with van der Waals surface area (Å²) in [5.74, 6) is -0.779. The van der Waals surface area contributed by atoms with Crippen LogP contribution in [0.1, 0.15) is 23.0 Å². The van der Waals surface area contributed by atoms with E-state index < -0.39 is 5.97 Å². The van der Waals surface area contributed by atoms with Crippen LogP contribution in [-0.4, -0.2) is 17.6 Å². The molecular formula is C14H15FN2O2. The first-order valence-electron chi connectivity index (χ1n) is 5.95. The van der Waals surface area contributed by atoms with Gasteiger partial charge in [-0.15, -0.1) is 0 Å². The number of aromatic amines is 1. The minimum absolute atomic E-state index is 0.286. The number of hydrogen-bond donors (Lipinski definition) is 2. The predicted molar refractivity (Wildman–Crippen MR) is 71.3 cm³/mol. The molecule has 0 spiro atoms. The van der Waals surface area contributed by atoms with E-state index in [1.807, 2.05) is 0 Å². The molecule has 0 radical (unpaired) electrons. The number of esters is 1. The molecule has 0 aliphatic rings. The van der Waals surface area contributed by atoms with Crippen LogP contribution >= 0.6 is 0 Å². The first-order chi connectivity index (χ1) is 9.04. The van der Waals surface area contributed by atoms with E-state index in [0.717, 1.165) is 5.56 Å². The Morgan fingerprint density at radius 2 is 2.00 bits per heavy atom. The maximum Gasteiger partial charge on any atom is 0.342 e. The Labute approximate surface area is 110 Å². The smallest absolute Gasteiger partial charge is 0.342 e. The largest absolute Gasteiger partial charge is 0.462 e. The van der Waals surface area contributed by atoms with Crippen molar-refractivity contribution in [3.05, 3.63) is 41.3 Å². The van der Waals surface area contributed by atoms with Gasteiger partial charge in [0.05, 0.1) is 18.0 Å². The van der Waals surface area contributed by atoms with Crippen LogP contribution in [0.3, 0.4) is 0 Å². The van der Waals surface area contributed by atoms with Gasteiger partial charge in [0.15, 0.2) is 0 Å². The summed E-state index contributed by atoms with van der Waals surface area (Å²) in [5, 5.41) is 0. The van der Waals surface area contributed by atoms with Gasteiger partial charge in [0.2, 0.25) is 0 Å². The molecule has 4 nitrogen and oxygen atoms in total. The number of carbonyl (C=O) groups is 1. The number of hydrogen-bond acceptors (Lipinski definition) is 3. The van der Waals surface area contributed by atoms with Crippen LogP contribution in [-0.2, 0) is 4.74 Å². The third-order valence-corrected chi connectivity index (χ3v) is 2.84. The fourth-order valence-corrected chi connectivity index (χ4v) is 1.95. The van der Waals surface area contributed by atoms with Gasteiger partial charge in [-0.05, 0) is 38.1 Å². The molecule has 0 bridgehead atoms. The standard InChI is InChI=1S/C14H15FN2O2/c1-3-19-14(18)11-8(2)17-13(12(11)16)9-4-6-10(15)7-5-9/h4-7,17H,3,16H2,1-2H3. The third-order valence-electron chi connectivity index (χ3n) is 2.84. The summed E-state index contributed by atoms with van der Waals surface area (Å²) in [5.41, 5.74) is 8.59. The van der Waals surface area contributed by atoms with Crippen LogP contribution < -0.4 is 5.73 Å². The van der Waals surface area contributed by atoms with Crippen LogP contribution in [0.5, 0.6) is 0 Å². The first kappa shape index (κ1) is 13.1. The molecule has 1 heterocycles. The Hall–Kier alpha value is -2.30. The van der Waals surface area contributed by atoms with Crippen molar-refractivity contribution in [2.75, 3.05) is 12.3 Å². The molecule has 0 fully saturated rings. The monoisotopic (exact) mass is 262 g/mol. The summed E-state index contributed by atoms with van der Waals surface area (Å²) < 4.78 is 17.9. The minimum atomic E-state index is -0.456. The summed E-state index contributed by atoms with van der Waals surface area (Å²) in [6.07, 6.45) is 0. The number of nitrogen functional groups attached to an aromatic ring is 1. The zero-order valence-electron chi connectivity index (χ0n) is 10.8. The van der Waals surface area contributed by atoms with Crippen LogP contribution in [0.15, 0.2) is 24.3 Å². The lowest BCUT2D eigenvalue weighted by atomic mass is 10.1. The number of carbonyl (C=O) groups excluding carboxylic acids is 1. The molecule has 19 heavy (non-hydrogen) atoms. The van der Waals surface area contributed by atoms with Gasteiger partial charge < -0.3 is 15.5 Å². The lowest BCUT2D eigenvalue weighted by molar-refractivity contribution is 0.0527. The molecule has 5 heteroatoms. The van der Waals surface area contributed by atoms with Crippen molar-refractivity contribution in [3.63, 3.8) is 0 Å². The fourth-order valence-electron chi connectivity index (χ4n) is 1.95. The Kier molecular flexibility index (Phi) is 3.55. The van der Waals surface area contributed by atoms with Gasteiger partial charge in [0, 0.05) is 11.3 Å². The van der Waals surface area contributed by atoms with Crippen molar-refractivity contribution in [2.24, 2.45) is 0 Å². The van der Waals surface area contributed by atoms with E-state index in [9.17, 15) is 9.18 Å². The van der Waals surface area contributed by atoms with Crippen LogP contribution in [0.25, 0.3) is 11.3 Å². The quantitative estimate of drug-likeness (QED) is 0.836. The molecule has 0 aliphatic heterocycles. The zero-order chi connectivity index (χ0) is 14.0. The lowest BCUT2D eigenvalue weighted by Crippen LogP contribution is -2.07. The van der Waals surface area contributed by atoms with E-state index >= 15 is 0 Å². The normalized spacial score (nSPS) is 10.5. The number of aromatic nitrogens is 1. The molecule has 0 atom stereocenters. The minimum Gasteiger partial charge on any atom is -0.462 e. The van der Waals surface area contributed by atoms with Crippen molar-refractivity contribution >= 4 is 11.7 Å². The second kappa shape index (κ2) is 5.14. The number of benzene rings is 1. The fraction of sp³-hybridized carbons (Fsp3) is 0.214. The number of anilines is 1. The molecule has 2 aromatic rings. The Morgan fingerprint density at radius 3 is 2.58 bits per heavy atom. The maximum atomic E-state index is 12.9. The highest BCUT2D eigenvalue weighted by molar-refractivity contribution is 6.00. The second-order valence-electron chi connectivity index (χ2n) is 4.14. The van der Waals surface area contributed by atoms with E-state index in [4.69, 9.17) is 10.5 Å². The van der Waals surface area contributed by atoms with Gasteiger partial charge in [-0.25, -0.2) is 9.18 Å². The van der Waals surface area contributed by atoms with Gasteiger partial charge >= 0.3 is 5.97 Å². The molecule has 100 valence electrons. The lowest BCUT2D eigenvalue weighted by Gasteiger charge is -2.03. The summed E-state index contributed by atoms with van der Waals surface area (Å²) in [7, 11) is 0. The summed E-state index contributed by atoms with van der Waals surface area (Å²) in [6, 6.07) is 5.89. The van der Waals surface area contributed by atoms with Crippen molar-refractivity contribution < 1.29 is 13.9 Å². The van der Waals surface area contributed by atoms with Crippen LogP contribution in [0, 0.1) is 12.7 Å². The van der Waals surface area contributed by atoms with E-state index in [1.54, 1.807) is 26.0 Å². The Morgan fingerprint density at radius 1 is 1.37 bits per heavy atom. The number of ether oxygens (including phenoxy) is 1. The number of H-pyrrole nitrogens is 1. The molecule has 0 unspecified atom stereocenters. The Bertz CT molecular complexity index is 603. The Balaban J connectivity index is 2.46. The van der Waals surface area contributed by atoms with Crippen LogP contribution in [0.2, 0.25) is 0 Å². The molecule has 0 saturated carbocycles. The van der Waals surface area contributed by atoms with E-state index in [0.29, 0.717) is 22.6 Å². The highest BCUT2D eigenvalue weighted by atomic mass is 19.1. The van der Waals surface area contributed by atoms with Gasteiger partial charge in [0.1, 0.15) is 11.4 Å². The van der Waals surface area contributed by atoms with Crippen molar-refractivity contribution in [1.29, 1.82) is 0 Å².